The zero-order valence-corrected chi connectivity index (χ0v) is 13.1. The number of benzene rings is 2. The molecule has 0 saturated heterocycles. The van der Waals surface area contributed by atoms with Gasteiger partial charge in [0.05, 0.1) is 10.7 Å². The van der Waals surface area contributed by atoms with Crippen molar-refractivity contribution in [3.8, 4) is 0 Å². The van der Waals surface area contributed by atoms with Gasteiger partial charge >= 0.3 is 5.97 Å². The van der Waals surface area contributed by atoms with Crippen LogP contribution in [0.3, 0.4) is 0 Å². The first-order valence-corrected chi connectivity index (χ1v) is 8.01. The number of ether oxygens (including phenoxy) is 1. The Balaban J connectivity index is 1.72. The van der Waals surface area contributed by atoms with E-state index < -0.39 is 5.97 Å². The molecule has 0 bridgehead atoms. The van der Waals surface area contributed by atoms with E-state index in [1.165, 1.54) is 11.3 Å². The van der Waals surface area contributed by atoms with Crippen LogP contribution in [0.5, 0.6) is 0 Å². The Labute approximate surface area is 136 Å². The summed E-state index contributed by atoms with van der Waals surface area (Å²) in [5.74, 6) is -0.113. The number of aromatic nitrogens is 1. The number of aliphatic imine (C=N–C) groups is 1. The third-order valence-electron chi connectivity index (χ3n) is 3.54. The summed E-state index contributed by atoms with van der Waals surface area (Å²) >= 11 is 1.53. The van der Waals surface area contributed by atoms with E-state index in [1.807, 2.05) is 54.8 Å². The summed E-state index contributed by atoms with van der Waals surface area (Å²) in [6, 6.07) is 13.9. The second-order valence-corrected chi connectivity index (χ2v) is 6.25. The smallest absolute Gasteiger partial charge is 0.363 e. The number of carbonyl (C=O) groups excluding carboxylic acids is 1. The highest BCUT2D eigenvalue weighted by Crippen LogP contribution is 2.22. The Hall–Kier alpha value is -2.79. The normalized spacial score (nSPS) is 16.0. The molecule has 1 aliphatic heterocycles. The molecule has 1 aromatic heterocycles. The average molecular weight is 320 g/mol. The van der Waals surface area contributed by atoms with E-state index in [4.69, 9.17) is 4.74 Å². The van der Waals surface area contributed by atoms with Crippen LogP contribution in [-0.4, -0.2) is 16.9 Å². The van der Waals surface area contributed by atoms with Crippen molar-refractivity contribution in [1.82, 2.24) is 4.98 Å². The molecule has 0 fully saturated rings. The third-order valence-corrected chi connectivity index (χ3v) is 4.33. The standard InChI is InChI=1S/C18H12N2O2S/c1-11-19-15(10-23-11)9-16-18(21)22-17(20-16)14-7-6-12-4-2-3-5-13(12)8-14/h2-10H,1H3/b16-9+. The Kier molecular flexibility index (Phi) is 3.28. The Bertz CT molecular complexity index is 985. The molecule has 0 atom stereocenters. The molecule has 0 radical (unpaired) electrons. The molecule has 3 aromatic rings. The van der Waals surface area contributed by atoms with Crippen molar-refractivity contribution < 1.29 is 9.53 Å². The van der Waals surface area contributed by atoms with Crippen molar-refractivity contribution in [2.75, 3.05) is 0 Å². The van der Waals surface area contributed by atoms with Crippen LogP contribution in [0.1, 0.15) is 16.3 Å². The van der Waals surface area contributed by atoms with Gasteiger partial charge in [-0.1, -0.05) is 30.3 Å². The number of nitrogens with zero attached hydrogens (tertiary/aromatic N) is 2. The molecule has 5 heteroatoms. The first-order chi connectivity index (χ1) is 11.2. The van der Waals surface area contributed by atoms with Crippen LogP contribution < -0.4 is 0 Å². The number of hydrogen-bond acceptors (Lipinski definition) is 5. The van der Waals surface area contributed by atoms with E-state index in [9.17, 15) is 4.79 Å². The lowest BCUT2D eigenvalue weighted by Crippen LogP contribution is -2.05. The van der Waals surface area contributed by atoms with Gasteiger partial charge in [-0.05, 0) is 35.9 Å². The summed E-state index contributed by atoms with van der Waals surface area (Å²) < 4.78 is 5.31. The number of hydrogen-bond donors (Lipinski definition) is 0. The minimum absolute atomic E-state index is 0.276. The van der Waals surface area contributed by atoms with Gasteiger partial charge in [0.15, 0.2) is 5.70 Å². The highest BCUT2D eigenvalue weighted by atomic mass is 32.1. The van der Waals surface area contributed by atoms with E-state index >= 15 is 0 Å². The fourth-order valence-corrected chi connectivity index (χ4v) is 3.01. The summed E-state index contributed by atoms with van der Waals surface area (Å²) in [6.45, 7) is 1.92. The number of rotatable bonds is 2. The molecule has 0 unspecified atom stereocenters. The number of cyclic esters (lactones) is 1. The zero-order valence-electron chi connectivity index (χ0n) is 12.3. The average Bonchev–Trinajstić information content (AvgIpc) is 3.13. The van der Waals surface area contributed by atoms with Crippen LogP contribution in [0.25, 0.3) is 16.8 Å². The van der Waals surface area contributed by atoms with Crippen LogP contribution in [0.4, 0.5) is 0 Å². The molecule has 112 valence electrons. The Morgan fingerprint density at radius 2 is 1.96 bits per heavy atom. The predicted molar refractivity (Wildman–Crippen MR) is 91.4 cm³/mol. The van der Waals surface area contributed by atoms with Crippen LogP contribution in [0.15, 0.2) is 58.5 Å². The maximum Gasteiger partial charge on any atom is 0.363 e. The van der Waals surface area contributed by atoms with Gasteiger partial charge < -0.3 is 4.74 Å². The SMILES string of the molecule is Cc1nc(/C=C2/N=C(c3ccc4ccccc4c3)OC2=O)cs1. The lowest BCUT2D eigenvalue weighted by Gasteiger charge is -2.02. The number of fused-ring (bicyclic) bond motifs is 1. The van der Waals surface area contributed by atoms with Crippen molar-refractivity contribution in [1.29, 1.82) is 0 Å². The summed E-state index contributed by atoms with van der Waals surface area (Å²) in [7, 11) is 0. The minimum atomic E-state index is -0.446. The van der Waals surface area contributed by atoms with Gasteiger partial charge in [0.1, 0.15) is 0 Å². The van der Waals surface area contributed by atoms with E-state index in [0.29, 0.717) is 5.90 Å². The molecular weight excluding hydrogens is 308 g/mol. The van der Waals surface area contributed by atoms with Gasteiger partial charge in [-0.3, -0.25) is 0 Å². The van der Waals surface area contributed by atoms with Gasteiger partial charge in [-0.25, -0.2) is 14.8 Å². The highest BCUT2D eigenvalue weighted by Gasteiger charge is 2.24. The molecule has 0 saturated carbocycles. The first kappa shape index (κ1) is 13.8. The largest absolute Gasteiger partial charge is 0.402 e. The van der Waals surface area contributed by atoms with Crippen LogP contribution >= 0.6 is 11.3 Å². The number of thiazole rings is 1. The summed E-state index contributed by atoms with van der Waals surface area (Å²) in [6.07, 6.45) is 1.65. The summed E-state index contributed by atoms with van der Waals surface area (Å²) in [5.41, 5.74) is 1.79. The molecule has 4 nitrogen and oxygen atoms in total. The van der Waals surface area contributed by atoms with Crippen molar-refractivity contribution >= 4 is 40.1 Å². The molecular formula is C18H12N2O2S. The van der Waals surface area contributed by atoms with E-state index in [-0.39, 0.29) is 5.70 Å². The Morgan fingerprint density at radius 3 is 2.74 bits per heavy atom. The van der Waals surface area contributed by atoms with Gasteiger partial charge in [0.2, 0.25) is 5.90 Å². The second-order valence-electron chi connectivity index (χ2n) is 5.19. The summed E-state index contributed by atoms with van der Waals surface area (Å²) in [4.78, 5) is 20.6. The second kappa shape index (κ2) is 5.44. The molecule has 1 aliphatic rings. The molecule has 4 rings (SSSR count). The van der Waals surface area contributed by atoms with Crippen LogP contribution in [0.2, 0.25) is 0 Å². The van der Waals surface area contributed by atoms with Crippen LogP contribution in [-0.2, 0) is 9.53 Å². The van der Waals surface area contributed by atoms with Gasteiger partial charge in [0.25, 0.3) is 0 Å². The fraction of sp³-hybridized carbons (Fsp3) is 0.0556. The predicted octanol–water partition coefficient (Wildman–Crippen LogP) is 3.95. The quantitative estimate of drug-likeness (QED) is 0.531. The molecule has 0 spiro atoms. The summed E-state index contributed by atoms with van der Waals surface area (Å²) in [5, 5.41) is 5.05. The topological polar surface area (TPSA) is 51.6 Å². The number of esters is 1. The van der Waals surface area contributed by atoms with E-state index in [1.54, 1.807) is 6.08 Å². The van der Waals surface area contributed by atoms with Crippen molar-refractivity contribution in [3.63, 3.8) is 0 Å². The maximum atomic E-state index is 12.0. The molecule has 2 aromatic carbocycles. The minimum Gasteiger partial charge on any atom is -0.402 e. The Morgan fingerprint density at radius 1 is 1.13 bits per heavy atom. The molecule has 0 aliphatic carbocycles. The van der Waals surface area contributed by atoms with Gasteiger partial charge in [0, 0.05) is 10.9 Å². The number of aryl methyl sites for hydroxylation is 1. The van der Waals surface area contributed by atoms with Gasteiger partial charge in [-0.15, -0.1) is 11.3 Å². The lowest BCUT2D eigenvalue weighted by atomic mass is 10.1. The molecule has 0 N–H and O–H groups in total. The highest BCUT2D eigenvalue weighted by molar-refractivity contribution is 7.09. The van der Waals surface area contributed by atoms with E-state index in [0.717, 1.165) is 27.0 Å². The number of carbonyl (C=O) groups is 1. The van der Waals surface area contributed by atoms with E-state index in [2.05, 4.69) is 9.98 Å². The molecule has 2 heterocycles. The fourth-order valence-electron chi connectivity index (χ4n) is 2.44. The van der Waals surface area contributed by atoms with Crippen molar-refractivity contribution in [2.45, 2.75) is 6.92 Å². The lowest BCUT2D eigenvalue weighted by molar-refractivity contribution is -0.129. The van der Waals surface area contributed by atoms with Crippen molar-refractivity contribution in [3.05, 3.63) is 69.8 Å². The monoisotopic (exact) mass is 320 g/mol. The maximum absolute atomic E-state index is 12.0. The van der Waals surface area contributed by atoms with Crippen molar-refractivity contribution in [2.24, 2.45) is 4.99 Å². The molecule has 23 heavy (non-hydrogen) atoms. The first-order valence-electron chi connectivity index (χ1n) is 7.13. The third kappa shape index (κ3) is 2.66. The van der Waals surface area contributed by atoms with Gasteiger partial charge in [-0.2, -0.15) is 0 Å². The molecule has 0 amide bonds. The zero-order chi connectivity index (χ0) is 15.8. The van der Waals surface area contributed by atoms with Crippen LogP contribution in [0, 0.1) is 6.92 Å².